The first-order chi connectivity index (χ1) is 8.33. The van der Waals surface area contributed by atoms with Crippen LogP contribution in [0.3, 0.4) is 0 Å². The van der Waals surface area contributed by atoms with E-state index in [4.69, 9.17) is 4.74 Å². The molecule has 0 spiro atoms. The molecule has 0 aliphatic heterocycles. The third-order valence-corrected chi connectivity index (χ3v) is 3.62. The van der Waals surface area contributed by atoms with E-state index in [-0.39, 0.29) is 0 Å². The van der Waals surface area contributed by atoms with Crippen molar-refractivity contribution in [3.05, 3.63) is 17.5 Å². The van der Waals surface area contributed by atoms with Gasteiger partial charge in [0.05, 0.1) is 18.8 Å². The van der Waals surface area contributed by atoms with E-state index in [1.807, 2.05) is 6.20 Å². The van der Waals surface area contributed by atoms with Crippen molar-refractivity contribution in [2.24, 2.45) is 0 Å². The van der Waals surface area contributed by atoms with Gasteiger partial charge in [-0.05, 0) is 19.8 Å². The smallest absolute Gasteiger partial charge is 0.0587 e. The van der Waals surface area contributed by atoms with E-state index in [0.29, 0.717) is 6.04 Å². The highest BCUT2D eigenvalue weighted by molar-refractivity contribution is 5.16. The Morgan fingerprint density at radius 2 is 2.24 bits per heavy atom. The summed E-state index contributed by atoms with van der Waals surface area (Å²) in [4.78, 5) is 0. The summed E-state index contributed by atoms with van der Waals surface area (Å²) >= 11 is 0. The SMILES string of the molecule is COCCNCc1cnn(C2CCCC2)c1C. The van der Waals surface area contributed by atoms with Crippen molar-refractivity contribution < 1.29 is 4.74 Å². The fourth-order valence-electron chi connectivity index (χ4n) is 2.55. The van der Waals surface area contributed by atoms with Crippen LogP contribution in [0.25, 0.3) is 0 Å². The number of hydrogen-bond acceptors (Lipinski definition) is 3. The average molecular weight is 237 g/mol. The fourth-order valence-corrected chi connectivity index (χ4v) is 2.55. The van der Waals surface area contributed by atoms with Crippen LogP contribution in [0.5, 0.6) is 0 Å². The Hall–Kier alpha value is -0.870. The fraction of sp³-hybridized carbons (Fsp3) is 0.769. The van der Waals surface area contributed by atoms with Crippen LogP contribution in [0.4, 0.5) is 0 Å². The molecule has 0 radical (unpaired) electrons. The summed E-state index contributed by atoms with van der Waals surface area (Å²) in [6.45, 7) is 4.72. The number of rotatable bonds is 6. The van der Waals surface area contributed by atoms with Gasteiger partial charge >= 0.3 is 0 Å². The lowest BCUT2D eigenvalue weighted by molar-refractivity contribution is 0.199. The molecule has 0 unspecified atom stereocenters. The van der Waals surface area contributed by atoms with Crippen LogP contribution in [-0.4, -0.2) is 30.0 Å². The van der Waals surface area contributed by atoms with Gasteiger partial charge in [0, 0.05) is 31.5 Å². The third-order valence-electron chi connectivity index (χ3n) is 3.62. The minimum absolute atomic E-state index is 0.641. The van der Waals surface area contributed by atoms with E-state index < -0.39 is 0 Å². The molecule has 0 bridgehead atoms. The highest BCUT2D eigenvalue weighted by Crippen LogP contribution is 2.30. The Morgan fingerprint density at radius 3 is 2.94 bits per heavy atom. The molecule has 17 heavy (non-hydrogen) atoms. The summed E-state index contributed by atoms with van der Waals surface area (Å²) in [5, 5.41) is 7.91. The maximum absolute atomic E-state index is 5.01. The minimum atomic E-state index is 0.641. The van der Waals surface area contributed by atoms with E-state index in [0.717, 1.165) is 19.7 Å². The molecule has 1 saturated carbocycles. The minimum Gasteiger partial charge on any atom is -0.383 e. The molecule has 2 rings (SSSR count). The Labute approximate surface area is 103 Å². The Morgan fingerprint density at radius 1 is 1.47 bits per heavy atom. The second-order valence-corrected chi connectivity index (χ2v) is 4.81. The van der Waals surface area contributed by atoms with Crippen molar-refractivity contribution in [2.45, 2.75) is 45.2 Å². The predicted octanol–water partition coefficient (Wildman–Crippen LogP) is 2.04. The highest BCUT2D eigenvalue weighted by atomic mass is 16.5. The van der Waals surface area contributed by atoms with Gasteiger partial charge in [0.2, 0.25) is 0 Å². The first-order valence-corrected chi connectivity index (χ1v) is 6.55. The third kappa shape index (κ3) is 3.07. The summed E-state index contributed by atoms with van der Waals surface area (Å²) < 4.78 is 7.24. The van der Waals surface area contributed by atoms with Crippen molar-refractivity contribution in [1.29, 1.82) is 0 Å². The zero-order valence-electron chi connectivity index (χ0n) is 10.9. The van der Waals surface area contributed by atoms with E-state index in [2.05, 4.69) is 22.0 Å². The second kappa shape index (κ2) is 6.17. The zero-order valence-corrected chi connectivity index (χ0v) is 10.9. The van der Waals surface area contributed by atoms with Gasteiger partial charge < -0.3 is 10.1 Å². The Bertz CT molecular complexity index is 342. The molecular formula is C13H23N3O. The molecule has 1 aliphatic carbocycles. The molecule has 1 fully saturated rings. The summed E-state index contributed by atoms with van der Waals surface area (Å²) in [6.07, 6.45) is 7.29. The lowest BCUT2D eigenvalue weighted by Crippen LogP contribution is -2.19. The summed E-state index contributed by atoms with van der Waals surface area (Å²) in [7, 11) is 1.73. The van der Waals surface area contributed by atoms with Gasteiger partial charge in [0.1, 0.15) is 0 Å². The molecule has 4 heteroatoms. The summed E-state index contributed by atoms with van der Waals surface area (Å²) in [6, 6.07) is 0.641. The number of nitrogens with one attached hydrogen (secondary N) is 1. The molecule has 1 N–H and O–H groups in total. The van der Waals surface area contributed by atoms with E-state index >= 15 is 0 Å². The van der Waals surface area contributed by atoms with Gasteiger partial charge in [-0.3, -0.25) is 4.68 Å². The molecule has 96 valence electrons. The van der Waals surface area contributed by atoms with Crippen molar-refractivity contribution in [1.82, 2.24) is 15.1 Å². The number of hydrogen-bond donors (Lipinski definition) is 1. The van der Waals surface area contributed by atoms with E-state index in [1.54, 1.807) is 7.11 Å². The molecule has 0 aromatic carbocycles. The molecule has 0 saturated heterocycles. The van der Waals surface area contributed by atoms with Crippen LogP contribution in [-0.2, 0) is 11.3 Å². The Balaban J connectivity index is 1.90. The first kappa shape index (κ1) is 12.6. The number of methoxy groups -OCH3 is 1. The van der Waals surface area contributed by atoms with Crippen LogP contribution in [0.15, 0.2) is 6.20 Å². The van der Waals surface area contributed by atoms with Gasteiger partial charge in [-0.15, -0.1) is 0 Å². The van der Waals surface area contributed by atoms with E-state index in [9.17, 15) is 0 Å². The molecular weight excluding hydrogens is 214 g/mol. The molecule has 0 amide bonds. The van der Waals surface area contributed by atoms with Gasteiger partial charge in [0.25, 0.3) is 0 Å². The van der Waals surface area contributed by atoms with Crippen LogP contribution in [0.1, 0.15) is 43.0 Å². The first-order valence-electron chi connectivity index (χ1n) is 6.55. The second-order valence-electron chi connectivity index (χ2n) is 4.81. The molecule has 1 aromatic rings. The molecule has 4 nitrogen and oxygen atoms in total. The molecule has 1 aromatic heterocycles. The standard InChI is InChI=1S/C13H23N3O/c1-11-12(9-14-7-8-17-2)10-15-16(11)13-5-3-4-6-13/h10,13-14H,3-9H2,1-2H3. The number of ether oxygens (including phenoxy) is 1. The van der Waals surface area contributed by atoms with Gasteiger partial charge in [-0.25, -0.2) is 0 Å². The van der Waals surface area contributed by atoms with Crippen LogP contribution in [0.2, 0.25) is 0 Å². The monoisotopic (exact) mass is 237 g/mol. The van der Waals surface area contributed by atoms with Crippen LogP contribution < -0.4 is 5.32 Å². The van der Waals surface area contributed by atoms with Crippen molar-refractivity contribution in [3.8, 4) is 0 Å². The van der Waals surface area contributed by atoms with Gasteiger partial charge in [-0.2, -0.15) is 5.10 Å². The van der Waals surface area contributed by atoms with Crippen molar-refractivity contribution >= 4 is 0 Å². The molecule has 1 heterocycles. The van der Waals surface area contributed by atoms with E-state index in [1.165, 1.54) is 36.9 Å². The Kier molecular flexibility index (Phi) is 4.57. The van der Waals surface area contributed by atoms with Crippen molar-refractivity contribution in [3.63, 3.8) is 0 Å². The topological polar surface area (TPSA) is 39.1 Å². The van der Waals surface area contributed by atoms with Gasteiger partial charge in [-0.1, -0.05) is 12.8 Å². The summed E-state index contributed by atoms with van der Waals surface area (Å²) in [5.41, 5.74) is 2.63. The average Bonchev–Trinajstić information content (AvgIpc) is 2.95. The number of aromatic nitrogens is 2. The molecule has 1 aliphatic rings. The summed E-state index contributed by atoms with van der Waals surface area (Å²) in [5.74, 6) is 0. The normalized spacial score (nSPS) is 16.8. The lowest BCUT2D eigenvalue weighted by Gasteiger charge is -2.12. The largest absolute Gasteiger partial charge is 0.383 e. The quantitative estimate of drug-likeness (QED) is 0.770. The lowest BCUT2D eigenvalue weighted by atomic mass is 10.2. The predicted molar refractivity (Wildman–Crippen MR) is 68.1 cm³/mol. The molecule has 0 atom stereocenters. The highest BCUT2D eigenvalue weighted by Gasteiger charge is 2.19. The van der Waals surface area contributed by atoms with Crippen molar-refractivity contribution in [2.75, 3.05) is 20.3 Å². The maximum Gasteiger partial charge on any atom is 0.0587 e. The zero-order chi connectivity index (χ0) is 12.1. The number of nitrogens with zero attached hydrogens (tertiary/aromatic N) is 2. The van der Waals surface area contributed by atoms with Gasteiger partial charge in [0.15, 0.2) is 0 Å². The van der Waals surface area contributed by atoms with Crippen LogP contribution in [0, 0.1) is 6.92 Å². The maximum atomic E-state index is 5.01. The van der Waals surface area contributed by atoms with Crippen LogP contribution >= 0.6 is 0 Å².